The van der Waals surface area contributed by atoms with Crippen molar-refractivity contribution >= 4 is 11.7 Å². The highest BCUT2D eigenvalue weighted by molar-refractivity contribution is 5.71. The molecule has 0 aliphatic carbocycles. The second-order valence-corrected chi connectivity index (χ2v) is 6.34. The number of carbonyl (C=O) groups excluding carboxylic acids is 1. The van der Waals surface area contributed by atoms with E-state index in [1.54, 1.807) is 0 Å². The Kier molecular flexibility index (Phi) is 4.70. The van der Waals surface area contributed by atoms with Crippen molar-refractivity contribution in [1.82, 2.24) is 0 Å². The van der Waals surface area contributed by atoms with Crippen LogP contribution < -0.4 is 0 Å². The summed E-state index contributed by atoms with van der Waals surface area (Å²) in [7, 11) is 1.43. The summed E-state index contributed by atoms with van der Waals surface area (Å²) in [4.78, 5) is 11.8. The van der Waals surface area contributed by atoms with Crippen LogP contribution in [-0.4, -0.2) is 13.1 Å². The summed E-state index contributed by atoms with van der Waals surface area (Å²) in [6, 6.07) is 20.2. The monoisotopic (exact) mass is 322 g/mol. The van der Waals surface area contributed by atoms with Gasteiger partial charge in [0.25, 0.3) is 0 Å². The Hall–Kier alpha value is -2.55. The van der Waals surface area contributed by atoms with Crippen LogP contribution in [0.2, 0.25) is 0 Å². The SMILES string of the molecule is COC(=O)C[C@H]1C=C(c2ccccc2)O[C@@](C)(c2ccccc2)C1. The molecule has 3 rings (SSSR count). The van der Waals surface area contributed by atoms with Gasteiger partial charge in [-0.15, -0.1) is 0 Å². The van der Waals surface area contributed by atoms with Gasteiger partial charge in [-0.2, -0.15) is 0 Å². The molecule has 3 nitrogen and oxygen atoms in total. The Bertz CT molecular complexity index is 721. The van der Waals surface area contributed by atoms with E-state index in [9.17, 15) is 4.79 Å². The van der Waals surface area contributed by atoms with Gasteiger partial charge in [0.15, 0.2) is 0 Å². The van der Waals surface area contributed by atoms with Crippen molar-refractivity contribution in [3.05, 3.63) is 77.9 Å². The average Bonchev–Trinajstić information content (AvgIpc) is 2.62. The van der Waals surface area contributed by atoms with E-state index < -0.39 is 5.60 Å². The molecule has 0 spiro atoms. The van der Waals surface area contributed by atoms with Crippen LogP contribution in [0, 0.1) is 5.92 Å². The molecule has 24 heavy (non-hydrogen) atoms. The summed E-state index contributed by atoms with van der Waals surface area (Å²) < 4.78 is 11.3. The van der Waals surface area contributed by atoms with Crippen LogP contribution in [-0.2, 0) is 19.9 Å². The molecule has 2 atom stereocenters. The second kappa shape index (κ2) is 6.91. The van der Waals surface area contributed by atoms with Crippen molar-refractivity contribution in [3.8, 4) is 0 Å². The molecular formula is C21H22O3. The first-order chi connectivity index (χ1) is 11.6. The number of rotatable bonds is 4. The predicted molar refractivity (Wildman–Crippen MR) is 94.0 cm³/mol. The summed E-state index contributed by atoms with van der Waals surface area (Å²) in [6.45, 7) is 2.09. The number of esters is 1. The molecule has 0 radical (unpaired) electrons. The first-order valence-corrected chi connectivity index (χ1v) is 8.19. The molecule has 0 aromatic heterocycles. The summed E-state index contributed by atoms with van der Waals surface area (Å²) in [5.41, 5.74) is 1.66. The van der Waals surface area contributed by atoms with Gasteiger partial charge in [0.1, 0.15) is 11.4 Å². The third kappa shape index (κ3) is 3.51. The maximum Gasteiger partial charge on any atom is 0.306 e. The Morgan fingerprint density at radius 3 is 2.38 bits per heavy atom. The highest BCUT2D eigenvalue weighted by Crippen LogP contribution is 2.42. The topological polar surface area (TPSA) is 35.5 Å². The van der Waals surface area contributed by atoms with Gasteiger partial charge in [0.05, 0.1) is 13.5 Å². The van der Waals surface area contributed by atoms with Crippen LogP contribution in [0.15, 0.2) is 66.7 Å². The molecule has 124 valence electrons. The lowest BCUT2D eigenvalue weighted by Crippen LogP contribution is -2.32. The van der Waals surface area contributed by atoms with E-state index >= 15 is 0 Å². The average molecular weight is 322 g/mol. The van der Waals surface area contributed by atoms with Gasteiger partial charge in [0, 0.05) is 5.56 Å². The summed E-state index contributed by atoms with van der Waals surface area (Å²) in [5.74, 6) is 0.703. The maximum atomic E-state index is 11.8. The number of allylic oxidation sites excluding steroid dienone is 1. The minimum Gasteiger partial charge on any atom is -0.483 e. The van der Waals surface area contributed by atoms with Crippen LogP contribution in [0.3, 0.4) is 0 Å². The number of ether oxygens (including phenoxy) is 2. The van der Waals surface area contributed by atoms with E-state index in [2.05, 4.69) is 25.1 Å². The van der Waals surface area contributed by atoms with Crippen molar-refractivity contribution in [1.29, 1.82) is 0 Å². The van der Waals surface area contributed by atoms with Crippen molar-refractivity contribution in [3.63, 3.8) is 0 Å². The fraction of sp³-hybridized carbons (Fsp3) is 0.286. The standard InChI is InChI=1S/C21H22O3/c1-21(18-11-7-4-8-12-18)15-16(14-20(22)23-2)13-19(24-21)17-9-5-3-6-10-17/h3-13,16H,14-15H2,1-2H3/t16-,21-/m1/s1. The normalized spacial score (nSPS) is 23.1. The van der Waals surface area contributed by atoms with Gasteiger partial charge in [-0.05, 0) is 30.9 Å². The van der Waals surface area contributed by atoms with E-state index in [0.29, 0.717) is 6.42 Å². The quantitative estimate of drug-likeness (QED) is 0.775. The van der Waals surface area contributed by atoms with Crippen LogP contribution in [0.4, 0.5) is 0 Å². The fourth-order valence-corrected chi connectivity index (χ4v) is 3.25. The molecular weight excluding hydrogens is 300 g/mol. The first kappa shape index (κ1) is 16.3. The number of hydrogen-bond acceptors (Lipinski definition) is 3. The predicted octanol–water partition coefficient (Wildman–Crippen LogP) is 4.54. The van der Waals surface area contributed by atoms with Gasteiger partial charge in [-0.1, -0.05) is 60.7 Å². The molecule has 2 aromatic carbocycles. The number of carbonyl (C=O) groups is 1. The molecule has 1 aliphatic heterocycles. The number of benzene rings is 2. The smallest absolute Gasteiger partial charge is 0.306 e. The minimum atomic E-state index is -0.472. The zero-order valence-electron chi connectivity index (χ0n) is 14.1. The molecule has 2 aromatic rings. The molecule has 3 heteroatoms. The van der Waals surface area contributed by atoms with E-state index in [1.807, 2.05) is 48.5 Å². The third-order valence-electron chi connectivity index (χ3n) is 4.47. The van der Waals surface area contributed by atoms with Crippen molar-refractivity contribution in [2.75, 3.05) is 7.11 Å². The lowest BCUT2D eigenvalue weighted by atomic mass is 9.81. The number of methoxy groups -OCH3 is 1. The van der Waals surface area contributed by atoms with Crippen molar-refractivity contribution in [2.45, 2.75) is 25.4 Å². The fourth-order valence-electron chi connectivity index (χ4n) is 3.25. The Balaban J connectivity index is 1.97. The molecule has 0 N–H and O–H groups in total. The van der Waals surface area contributed by atoms with Crippen LogP contribution >= 0.6 is 0 Å². The molecule has 0 saturated carbocycles. The van der Waals surface area contributed by atoms with Gasteiger partial charge in [-0.25, -0.2) is 0 Å². The molecule has 1 aliphatic rings. The largest absolute Gasteiger partial charge is 0.483 e. The Labute approximate surface area is 142 Å². The van der Waals surface area contributed by atoms with Crippen LogP contribution in [0.1, 0.15) is 30.9 Å². The van der Waals surface area contributed by atoms with E-state index in [1.165, 1.54) is 7.11 Å². The highest BCUT2D eigenvalue weighted by atomic mass is 16.5. The van der Waals surface area contributed by atoms with Crippen LogP contribution in [0.5, 0.6) is 0 Å². The summed E-state index contributed by atoms with van der Waals surface area (Å²) >= 11 is 0. The van der Waals surface area contributed by atoms with Gasteiger partial charge in [-0.3, -0.25) is 4.79 Å². The van der Waals surface area contributed by atoms with E-state index in [0.717, 1.165) is 23.3 Å². The van der Waals surface area contributed by atoms with Crippen LogP contribution in [0.25, 0.3) is 5.76 Å². The Morgan fingerprint density at radius 2 is 1.75 bits per heavy atom. The molecule has 0 unspecified atom stereocenters. The van der Waals surface area contributed by atoms with Crippen molar-refractivity contribution in [2.24, 2.45) is 5.92 Å². The van der Waals surface area contributed by atoms with E-state index in [4.69, 9.17) is 9.47 Å². The highest BCUT2D eigenvalue weighted by Gasteiger charge is 2.37. The molecule has 1 heterocycles. The van der Waals surface area contributed by atoms with Crippen molar-refractivity contribution < 1.29 is 14.3 Å². The molecule has 0 bridgehead atoms. The van der Waals surface area contributed by atoms with Gasteiger partial charge >= 0.3 is 5.97 Å². The van der Waals surface area contributed by atoms with E-state index in [-0.39, 0.29) is 11.9 Å². The second-order valence-electron chi connectivity index (χ2n) is 6.34. The summed E-state index contributed by atoms with van der Waals surface area (Å²) in [5, 5.41) is 0. The molecule has 0 amide bonds. The minimum absolute atomic E-state index is 0.0756. The zero-order chi connectivity index (χ0) is 17.0. The Morgan fingerprint density at radius 1 is 1.12 bits per heavy atom. The third-order valence-corrected chi connectivity index (χ3v) is 4.47. The van der Waals surface area contributed by atoms with Gasteiger partial charge < -0.3 is 9.47 Å². The maximum absolute atomic E-state index is 11.8. The van der Waals surface area contributed by atoms with Gasteiger partial charge in [0.2, 0.25) is 0 Å². The summed E-state index contributed by atoms with van der Waals surface area (Å²) in [6.07, 6.45) is 3.15. The lowest BCUT2D eigenvalue weighted by Gasteiger charge is -2.38. The zero-order valence-corrected chi connectivity index (χ0v) is 14.1. The molecule has 0 fully saturated rings. The first-order valence-electron chi connectivity index (χ1n) is 8.19. The lowest BCUT2D eigenvalue weighted by molar-refractivity contribution is -0.141. The molecule has 0 saturated heterocycles. The number of hydrogen-bond donors (Lipinski definition) is 0.